The fourth-order valence-corrected chi connectivity index (χ4v) is 4.63. The van der Waals surface area contributed by atoms with E-state index in [0.29, 0.717) is 24.5 Å². The van der Waals surface area contributed by atoms with Crippen LogP contribution in [-0.2, 0) is 6.42 Å². The lowest BCUT2D eigenvalue weighted by molar-refractivity contribution is 0.0724. The van der Waals surface area contributed by atoms with Crippen molar-refractivity contribution in [2.75, 3.05) is 20.2 Å². The van der Waals surface area contributed by atoms with E-state index in [9.17, 15) is 15.0 Å². The summed E-state index contributed by atoms with van der Waals surface area (Å²) in [6, 6.07) is 11.6. The normalized spacial score (nSPS) is 16.5. The van der Waals surface area contributed by atoms with Crippen molar-refractivity contribution in [1.29, 1.82) is 0 Å². The van der Waals surface area contributed by atoms with Crippen molar-refractivity contribution in [2.24, 2.45) is 0 Å². The highest BCUT2D eigenvalue weighted by molar-refractivity contribution is 5.98. The maximum absolute atomic E-state index is 13.4. The van der Waals surface area contributed by atoms with E-state index < -0.39 is 12.3 Å². The molecule has 1 aromatic heterocycles. The van der Waals surface area contributed by atoms with E-state index in [-0.39, 0.29) is 17.9 Å². The summed E-state index contributed by atoms with van der Waals surface area (Å²) in [4.78, 5) is 18.6. The zero-order valence-electron chi connectivity index (χ0n) is 22.0. The first kappa shape index (κ1) is 26.7. The number of amides is 1. The lowest BCUT2D eigenvalue weighted by atomic mass is 9.97. The number of fused-ring (bicyclic) bond motifs is 2. The Balaban J connectivity index is 1.56. The number of aromatic nitrogens is 1. The number of carbonyl (C=O) groups is 1. The van der Waals surface area contributed by atoms with E-state index in [2.05, 4.69) is 22.1 Å². The number of hydrogen-bond acceptors (Lipinski definition) is 5. The Morgan fingerprint density at radius 2 is 1.97 bits per heavy atom. The van der Waals surface area contributed by atoms with Crippen molar-refractivity contribution in [3.63, 3.8) is 0 Å². The van der Waals surface area contributed by atoms with Gasteiger partial charge in [0.2, 0.25) is 0 Å². The molecule has 0 bridgehead atoms. The molecular formula is C30H37N3O4. The zero-order valence-corrected chi connectivity index (χ0v) is 22.0. The number of nitrogens with one attached hydrogen (secondary N) is 2. The van der Waals surface area contributed by atoms with Gasteiger partial charge in [-0.2, -0.15) is 0 Å². The number of ether oxygens (including phenoxy) is 1. The van der Waals surface area contributed by atoms with Gasteiger partial charge in [-0.1, -0.05) is 37.0 Å². The van der Waals surface area contributed by atoms with E-state index >= 15 is 0 Å². The van der Waals surface area contributed by atoms with Gasteiger partial charge in [0.1, 0.15) is 12.0 Å². The standard InChI is InChI=1S/C30H37N3O4/c1-19(26-18-31-27-13-6-5-12-24(26)27)29(35)32-30(36)25-17-22(10-9-14-33(4)20(2)21(3)34)16-23-11-7-8-15-37-28(23)25/h5-6,12-13,16-21,29,31,34-35H,7-8,11,14-15H2,1-4H3,(H,32,36)/t19?,20-,21-,29-/m1/s1. The van der Waals surface area contributed by atoms with Crippen LogP contribution in [0.5, 0.6) is 5.75 Å². The predicted molar refractivity (Wildman–Crippen MR) is 146 cm³/mol. The number of nitrogens with zero attached hydrogens (tertiary/aromatic N) is 1. The average Bonchev–Trinajstić information content (AvgIpc) is 3.17. The highest BCUT2D eigenvalue weighted by Gasteiger charge is 2.25. The molecule has 0 fully saturated rings. The molecule has 196 valence electrons. The summed E-state index contributed by atoms with van der Waals surface area (Å²) >= 11 is 0. The molecular weight excluding hydrogens is 466 g/mol. The average molecular weight is 504 g/mol. The number of H-pyrrole nitrogens is 1. The van der Waals surface area contributed by atoms with Gasteiger partial charge in [-0.15, -0.1) is 0 Å². The second kappa shape index (κ2) is 11.8. The van der Waals surface area contributed by atoms with Gasteiger partial charge in [0.25, 0.3) is 5.91 Å². The number of hydrogen-bond donors (Lipinski definition) is 4. The minimum absolute atomic E-state index is 0.0169. The molecule has 4 rings (SSSR count). The molecule has 4 atom stereocenters. The molecule has 0 saturated carbocycles. The highest BCUT2D eigenvalue weighted by Crippen LogP contribution is 2.31. The van der Waals surface area contributed by atoms with Crippen molar-refractivity contribution in [2.45, 2.75) is 64.3 Å². The predicted octanol–water partition coefficient (Wildman–Crippen LogP) is 3.79. The molecule has 0 spiro atoms. The third-order valence-electron chi connectivity index (χ3n) is 7.32. The van der Waals surface area contributed by atoms with Gasteiger partial charge in [-0.05, 0) is 69.5 Å². The Morgan fingerprint density at radius 1 is 1.19 bits per heavy atom. The summed E-state index contributed by atoms with van der Waals surface area (Å²) in [7, 11) is 1.92. The summed E-state index contributed by atoms with van der Waals surface area (Å²) in [6.07, 6.45) is 3.03. The van der Waals surface area contributed by atoms with Crippen LogP contribution in [0.2, 0.25) is 0 Å². The maximum atomic E-state index is 13.4. The molecule has 4 N–H and O–H groups in total. The van der Waals surface area contributed by atoms with Crippen LogP contribution in [0.3, 0.4) is 0 Å². The second-order valence-electron chi connectivity index (χ2n) is 10.0. The largest absolute Gasteiger partial charge is 0.492 e. The van der Waals surface area contributed by atoms with Gasteiger partial charge < -0.3 is 25.3 Å². The second-order valence-corrected chi connectivity index (χ2v) is 10.0. The molecule has 2 heterocycles. The van der Waals surface area contributed by atoms with Gasteiger partial charge >= 0.3 is 0 Å². The molecule has 1 aliphatic rings. The van der Waals surface area contributed by atoms with E-state index in [1.54, 1.807) is 13.0 Å². The number of carbonyl (C=O) groups excluding carboxylic acids is 1. The number of likely N-dealkylation sites (N-methyl/N-ethyl adjacent to an activating group) is 1. The van der Waals surface area contributed by atoms with Gasteiger partial charge in [-0.25, -0.2) is 0 Å². The fraction of sp³-hybridized carbons (Fsp3) is 0.433. The molecule has 0 saturated heterocycles. The molecule has 7 nitrogen and oxygen atoms in total. The summed E-state index contributed by atoms with van der Waals surface area (Å²) in [5.41, 5.74) is 4.00. The Morgan fingerprint density at radius 3 is 2.76 bits per heavy atom. The first-order chi connectivity index (χ1) is 17.8. The van der Waals surface area contributed by atoms with Crippen LogP contribution < -0.4 is 10.1 Å². The summed E-state index contributed by atoms with van der Waals surface area (Å²) < 4.78 is 6.00. The van der Waals surface area contributed by atoms with Crippen molar-refractivity contribution in [1.82, 2.24) is 15.2 Å². The molecule has 7 heteroatoms. The number of aliphatic hydroxyl groups is 2. The topological polar surface area (TPSA) is 97.8 Å². The van der Waals surface area contributed by atoms with Crippen LogP contribution in [0.25, 0.3) is 10.9 Å². The third-order valence-corrected chi connectivity index (χ3v) is 7.32. The third kappa shape index (κ3) is 6.16. The van der Waals surface area contributed by atoms with Crippen molar-refractivity contribution >= 4 is 16.8 Å². The van der Waals surface area contributed by atoms with Crippen molar-refractivity contribution < 1.29 is 19.7 Å². The Labute approximate surface area is 218 Å². The zero-order chi connectivity index (χ0) is 26.5. The smallest absolute Gasteiger partial charge is 0.257 e. The highest BCUT2D eigenvalue weighted by atomic mass is 16.5. The first-order valence-electron chi connectivity index (χ1n) is 13.0. The lowest BCUT2D eigenvalue weighted by Crippen LogP contribution is -2.38. The molecule has 1 amide bonds. The van der Waals surface area contributed by atoms with Crippen LogP contribution in [0.4, 0.5) is 0 Å². The SMILES string of the molecule is CC(c1c[nH]c2ccccc12)[C@@H](O)NC(=O)c1cc(C#CCN(C)[C@H](C)[C@@H](C)O)cc2c1OCCCC2. The van der Waals surface area contributed by atoms with E-state index in [1.807, 2.05) is 62.3 Å². The number of aromatic amines is 1. The number of rotatable bonds is 7. The van der Waals surface area contributed by atoms with Crippen LogP contribution in [0.15, 0.2) is 42.6 Å². The number of benzene rings is 2. The minimum Gasteiger partial charge on any atom is -0.492 e. The first-order valence-corrected chi connectivity index (χ1v) is 13.0. The summed E-state index contributed by atoms with van der Waals surface area (Å²) in [5, 5.41) is 24.6. The van der Waals surface area contributed by atoms with Gasteiger partial charge in [0.15, 0.2) is 0 Å². The fourth-order valence-electron chi connectivity index (χ4n) is 4.63. The van der Waals surface area contributed by atoms with Crippen molar-refractivity contribution in [3.8, 4) is 17.6 Å². The molecule has 1 unspecified atom stereocenters. The maximum Gasteiger partial charge on any atom is 0.257 e. The van der Waals surface area contributed by atoms with E-state index in [1.165, 1.54) is 0 Å². The van der Waals surface area contributed by atoms with Crippen LogP contribution in [0.1, 0.15) is 66.6 Å². The molecule has 37 heavy (non-hydrogen) atoms. The quantitative estimate of drug-likeness (QED) is 0.291. The Hall–Kier alpha value is -3.31. The molecule has 0 aliphatic carbocycles. The molecule has 0 radical (unpaired) electrons. The van der Waals surface area contributed by atoms with Crippen molar-refractivity contribution in [3.05, 3.63) is 64.8 Å². The lowest BCUT2D eigenvalue weighted by Gasteiger charge is -2.24. The van der Waals surface area contributed by atoms with Gasteiger partial charge in [0.05, 0.1) is 24.8 Å². The van der Waals surface area contributed by atoms with E-state index in [4.69, 9.17) is 4.74 Å². The Kier molecular flexibility index (Phi) is 8.55. The number of para-hydroxylation sites is 1. The summed E-state index contributed by atoms with van der Waals surface area (Å²) in [6.45, 7) is 6.65. The number of aliphatic hydroxyl groups excluding tert-OH is 2. The van der Waals surface area contributed by atoms with Crippen LogP contribution in [0, 0.1) is 11.8 Å². The van der Waals surface area contributed by atoms with Crippen LogP contribution >= 0.6 is 0 Å². The molecule has 3 aromatic rings. The number of aryl methyl sites for hydroxylation is 1. The van der Waals surface area contributed by atoms with Gasteiger partial charge in [0, 0.05) is 34.6 Å². The minimum atomic E-state index is -1.08. The van der Waals surface area contributed by atoms with Gasteiger partial charge in [-0.3, -0.25) is 9.69 Å². The van der Waals surface area contributed by atoms with E-state index in [0.717, 1.165) is 46.9 Å². The molecule has 2 aromatic carbocycles. The van der Waals surface area contributed by atoms with Crippen LogP contribution in [-0.4, -0.2) is 64.6 Å². The monoisotopic (exact) mass is 503 g/mol. The summed E-state index contributed by atoms with van der Waals surface area (Å²) in [5.74, 6) is 6.20. The molecule has 1 aliphatic heterocycles. The Bertz CT molecular complexity index is 1300.